The van der Waals surface area contributed by atoms with Crippen molar-refractivity contribution in [3.63, 3.8) is 0 Å². The maximum Gasteiger partial charge on any atom is 0.376 e. The molecule has 1 aliphatic rings. The number of anilines is 1. The Bertz CT molecular complexity index is 484. The molecular weight excluding hydrogens is 246 g/mol. The minimum atomic E-state index is -0.626. The molecule has 19 heavy (non-hydrogen) atoms. The third kappa shape index (κ3) is 2.84. The third-order valence-electron chi connectivity index (χ3n) is 3.22. The van der Waals surface area contributed by atoms with Crippen molar-refractivity contribution in [2.24, 2.45) is 0 Å². The lowest BCUT2D eigenvalue weighted by molar-refractivity contribution is 0.00290. The van der Waals surface area contributed by atoms with E-state index in [2.05, 4.69) is 14.7 Å². The highest BCUT2D eigenvalue weighted by Gasteiger charge is 2.41. The van der Waals surface area contributed by atoms with E-state index in [0.717, 1.165) is 12.8 Å². The first-order chi connectivity index (χ1) is 8.97. The molecule has 0 unspecified atom stereocenters. The molecule has 0 amide bonds. The molecule has 0 radical (unpaired) electrons. The number of esters is 1. The van der Waals surface area contributed by atoms with Crippen LogP contribution >= 0.6 is 0 Å². The molecule has 0 saturated carbocycles. The number of hydrogen-bond acceptors (Lipinski definition) is 6. The minimum absolute atomic E-state index is 0.0587. The van der Waals surface area contributed by atoms with Gasteiger partial charge in [0.25, 0.3) is 0 Å². The van der Waals surface area contributed by atoms with Crippen LogP contribution in [0.5, 0.6) is 0 Å². The van der Waals surface area contributed by atoms with Crippen LogP contribution in [0.1, 0.15) is 36.1 Å². The predicted octanol–water partition coefficient (Wildman–Crippen LogP) is 0.923. The molecule has 104 valence electrons. The Morgan fingerprint density at radius 2 is 2.21 bits per heavy atom. The number of aliphatic hydroxyl groups is 1. The van der Waals surface area contributed by atoms with Crippen LogP contribution in [0.15, 0.2) is 6.07 Å². The SMILES string of the molecule is CCCC1(O)CN(c2cc(C)nc(C(=O)OC)n2)C1. The van der Waals surface area contributed by atoms with E-state index < -0.39 is 11.6 Å². The first kappa shape index (κ1) is 13.7. The van der Waals surface area contributed by atoms with Gasteiger partial charge in [-0.2, -0.15) is 0 Å². The molecule has 0 bridgehead atoms. The molecule has 1 saturated heterocycles. The van der Waals surface area contributed by atoms with Gasteiger partial charge < -0.3 is 14.7 Å². The zero-order valence-electron chi connectivity index (χ0n) is 11.5. The van der Waals surface area contributed by atoms with Gasteiger partial charge in [-0.25, -0.2) is 14.8 Å². The molecule has 6 nitrogen and oxygen atoms in total. The Kier molecular flexibility index (Phi) is 3.71. The number of nitrogens with zero attached hydrogens (tertiary/aromatic N) is 3. The Morgan fingerprint density at radius 1 is 1.53 bits per heavy atom. The second kappa shape index (κ2) is 5.13. The van der Waals surface area contributed by atoms with E-state index in [4.69, 9.17) is 0 Å². The van der Waals surface area contributed by atoms with E-state index in [-0.39, 0.29) is 5.82 Å². The monoisotopic (exact) mass is 265 g/mol. The fourth-order valence-corrected chi connectivity index (χ4v) is 2.35. The molecule has 0 aliphatic carbocycles. The standard InChI is InChI=1S/C13H19N3O3/c1-4-5-13(18)7-16(8-13)10-6-9(2)14-11(15-10)12(17)19-3/h6,18H,4-5,7-8H2,1-3H3. The summed E-state index contributed by atoms with van der Waals surface area (Å²) < 4.78 is 4.63. The third-order valence-corrected chi connectivity index (χ3v) is 3.22. The number of ether oxygens (including phenoxy) is 1. The van der Waals surface area contributed by atoms with E-state index in [0.29, 0.717) is 24.6 Å². The number of aromatic nitrogens is 2. The van der Waals surface area contributed by atoms with Crippen molar-refractivity contribution < 1.29 is 14.6 Å². The van der Waals surface area contributed by atoms with Crippen molar-refractivity contribution in [1.82, 2.24) is 9.97 Å². The summed E-state index contributed by atoms with van der Waals surface area (Å²) in [5.41, 5.74) is 0.0790. The lowest BCUT2D eigenvalue weighted by Crippen LogP contribution is -2.62. The molecule has 1 fully saturated rings. The predicted molar refractivity (Wildman–Crippen MR) is 70.2 cm³/mol. The highest BCUT2D eigenvalue weighted by Crippen LogP contribution is 2.29. The summed E-state index contributed by atoms with van der Waals surface area (Å²) in [5, 5.41) is 10.2. The fraction of sp³-hybridized carbons (Fsp3) is 0.615. The Labute approximate surface area is 112 Å². The van der Waals surface area contributed by atoms with Crippen LogP contribution in [0.25, 0.3) is 0 Å². The quantitative estimate of drug-likeness (QED) is 0.816. The van der Waals surface area contributed by atoms with Crippen LogP contribution in [-0.2, 0) is 4.74 Å². The molecule has 0 atom stereocenters. The zero-order chi connectivity index (χ0) is 14.0. The van der Waals surface area contributed by atoms with Crippen molar-refractivity contribution in [3.05, 3.63) is 17.6 Å². The van der Waals surface area contributed by atoms with Gasteiger partial charge in [0.15, 0.2) is 0 Å². The minimum Gasteiger partial charge on any atom is -0.463 e. The molecule has 1 aliphatic heterocycles. The maximum absolute atomic E-state index is 11.5. The van der Waals surface area contributed by atoms with E-state index >= 15 is 0 Å². The van der Waals surface area contributed by atoms with E-state index in [1.165, 1.54) is 7.11 Å². The fourth-order valence-electron chi connectivity index (χ4n) is 2.35. The van der Waals surface area contributed by atoms with Gasteiger partial charge in [0.1, 0.15) is 5.82 Å². The van der Waals surface area contributed by atoms with Crippen LogP contribution in [0, 0.1) is 6.92 Å². The molecule has 1 N–H and O–H groups in total. The lowest BCUT2D eigenvalue weighted by Gasteiger charge is -2.47. The molecule has 2 rings (SSSR count). The summed E-state index contributed by atoms with van der Waals surface area (Å²) in [5.74, 6) is 0.173. The Morgan fingerprint density at radius 3 is 2.79 bits per heavy atom. The van der Waals surface area contributed by atoms with Gasteiger partial charge in [0.05, 0.1) is 12.7 Å². The van der Waals surface area contributed by atoms with Crippen LogP contribution in [-0.4, -0.2) is 46.8 Å². The largest absolute Gasteiger partial charge is 0.463 e. The molecular formula is C13H19N3O3. The average molecular weight is 265 g/mol. The summed E-state index contributed by atoms with van der Waals surface area (Å²) in [4.78, 5) is 21.6. The normalized spacial score (nSPS) is 16.9. The number of hydrogen-bond donors (Lipinski definition) is 1. The van der Waals surface area contributed by atoms with E-state index in [1.54, 1.807) is 13.0 Å². The smallest absolute Gasteiger partial charge is 0.376 e. The summed E-state index contributed by atoms with van der Waals surface area (Å²) in [6, 6.07) is 1.80. The Hall–Kier alpha value is -1.69. The van der Waals surface area contributed by atoms with Crippen molar-refractivity contribution in [2.45, 2.75) is 32.3 Å². The van der Waals surface area contributed by atoms with E-state index in [1.807, 2.05) is 11.8 Å². The molecule has 6 heteroatoms. The van der Waals surface area contributed by atoms with Gasteiger partial charge in [-0.3, -0.25) is 0 Å². The van der Waals surface area contributed by atoms with Crippen molar-refractivity contribution >= 4 is 11.8 Å². The highest BCUT2D eigenvalue weighted by molar-refractivity contribution is 5.85. The first-order valence-corrected chi connectivity index (χ1v) is 6.39. The summed E-state index contributed by atoms with van der Waals surface area (Å²) in [6.07, 6.45) is 1.72. The van der Waals surface area contributed by atoms with Crippen LogP contribution < -0.4 is 4.90 Å². The number of methoxy groups -OCH3 is 1. The molecule has 0 aromatic carbocycles. The highest BCUT2D eigenvalue weighted by atomic mass is 16.5. The number of aryl methyl sites for hydroxylation is 1. The lowest BCUT2D eigenvalue weighted by atomic mass is 9.89. The molecule has 2 heterocycles. The second-order valence-electron chi connectivity index (χ2n) is 5.01. The van der Waals surface area contributed by atoms with Crippen molar-refractivity contribution in [2.75, 3.05) is 25.1 Å². The number of rotatable bonds is 4. The van der Waals surface area contributed by atoms with Crippen LogP contribution in [0.2, 0.25) is 0 Å². The van der Waals surface area contributed by atoms with Gasteiger partial charge in [0.2, 0.25) is 5.82 Å². The summed E-state index contributed by atoms with van der Waals surface area (Å²) in [7, 11) is 1.30. The van der Waals surface area contributed by atoms with Gasteiger partial charge in [-0.1, -0.05) is 13.3 Å². The molecule has 0 spiro atoms. The number of carbonyl (C=O) groups excluding carboxylic acids is 1. The summed E-state index contributed by atoms with van der Waals surface area (Å²) >= 11 is 0. The van der Waals surface area contributed by atoms with Gasteiger partial charge in [-0.15, -0.1) is 0 Å². The number of carbonyl (C=O) groups is 1. The molecule has 1 aromatic heterocycles. The second-order valence-corrected chi connectivity index (χ2v) is 5.01. The maximum atomic E-state index is 11.5. The van der Waals surface area contributed by atoms with Crippen LogP contribution in [0.3, 0.4) is 0 Å². The average Bonchev–Trinajstić information content (AvgIpc) is 2.34. The summed E-state index contributed by atoms with van der Waals surface area (Å²) in [6.45, 7) is 4.93. The molecule has 1 aromatic rings. The van der Waals surface area contributed by atoms with Gasteiger partial charge in [-0.05, 0) is 13.3 Å². The first-order valence-electron chi connectivity index (χ1n) is 6.39. The zero-order valence-corrected chi connectivity index (χ0v) is 11.5. The van der Waals surface area contributed by atoms with Gasteiger partial charge >= 0.3 is 5.97 Å². The van der Waals surface area contributed by atoms with Crippen molar-refractivity contribution in [1.29, 1.82) is 0 Å². The Balaban J connectivity index is 2.14. The van der Waals surface area contributed by atoms with E-state index in [9.17, 15) is 9.90 Å². The number of β-amino-alcohol motifs (C(OH)–C–C–N with tert-alkyl or cyclic N) is 1. The van der Waals surface area contributed by atoms with Crippen molar-refractivity contribution in [3.8, 4) is 0 Å². The topological polar surface area (TPSA) is 75.5 Å². The van der Waals surface area contributed by atoms with Gasteiger partial charge in [0, 0.05) is 24.8 Å². The van der Waals surface area contributed by atoms with Crippen LogP contribution in [0.4, 0.5) is 5.82 Å².